The number of ether oxygens (including phenoxy) is 1. The molecule has 1 heterocycles. The molecule has 2 atom stereocenters. The minimum Gasteiger partial charge on any atom is -0.462 e. The number of benzene rings is 1. The van der Waals surface area contributed by atoms with Crippen LogP contribution in [0.15, 0.2) is 40.5 Å². The van der Waals surface area contributed by atoms with Crippen LogP contribution in [0.2, 0.25) is 0 Å². The van der Waals surface area contributed by atoms with Crippen molar-refractivity contribution in [1.29, 1.82) is 0 Å². The zero-order valence-electron chi connectivity index (χ0n) is 16.6. The second-order valence-corrected chi connectivity index (χ2v) is 7.46. The maximum atomic E-state index is 12.9. The third kappa shape index (κ3) is 4.05. The third-order valence-corrected chi connectivity index (χ3v) is 5.61. The summed E-state index contributed by atoms with van der Waals surface area (Å²) in [6.45, 7) is 6.45. The molecule has 27 heavy (non-hydrogen) atoms. The smallest absolute Gasteiger partial charge is 0.336 e. The van der Waals surface area contributed by atoms with Crippen molar-refractivity contribution in [1.82, 2.24) is 0 Å². The number of nitrogens with zero attached hydrogens (tertiary/aromatic N) is 1. The highest BCUT2D eigenvalue weighted by molar-refractivity contribution is 6.11. The quantitative estimate of drug-likeness (QED) is 0.537. The molecular formula is C23H29NO3. The van der Waals surface area contributed by atoms with Gasteiger partial charge in [-0.05, 0) is 43.7 Å². The van der Waals surface area contributed by atoms with E-state index in [4.69, 9.17) is 4.74 Å². The van der Waals surface area contributed by atoms with Crippen LogP contribution in [0.25, 0.3) is 0 Å². The van der Waals surface area contributed by atoms with E-state index in [9.17, 15) is 9.59 Å². The summed E-state index contributed by atoms with van der Waals surface area (Å²) in [4.78, 5) is 30.4. The highest BCUT2D eigenvalue weighted by atomic mass is 16.5. The first-order valence-corrected chi connectivity index (χ1v) is 10.1. The predicted octanol–water partition coefficient (Wildman–Crippen LogP) is 4.77. The summed E-state index contributed by atoms with van der Waals surface area (Å²) >= 11 is 0. The summed E-state index contributed by atoms with van der Waals surface area (Å²) in [6, 6.07) is 8.29. The molecule has 0 bridgehead atoms. The molecule has 0 unspecified atom stereocenters. The zero-order valence-corrected chi connectivity index (χ0v) is 16.6. The topological polar surface area (TPSA) is 55.7 Å². The zero-order chi connectivity index (χ0) is 19.4. The third-order valence-electron chi connectivity index (χ3n) is 5.61. The number of hydrogen-bond donors (Lipinski definition) is 0. The summed E-state index contributed by atoms with van der Waals surface area (Å²) < 4.78 is 5.53. The predicted molar refractivity (Wildman–Crippen MR) is 107 cm³/mol. The van der Waals surface area contributed by atoms with Gasteiger partial charge in [-0.1, -0.05) is 44.5 Å². The van der Waals surface area contributed by atoms with Crippen LogP contribution in [0.5, 0.6) is 0 Å². The summed E-state index contributed by atoms with van der Waals surface area (Å²) in [7, 11) is 0. The number of aliphatic imine (C=N–C) groups is 1. The number of fused-ring (bicyclic) bond motifs is 1. The Morgan fingerprint density at radius 1 is 1.15 bits per heavy atom. The lowest BCUT2D eigenvalue weighted by molar-refractivity contribution is -0.139. The average molecular weight is 367 g/mol. The molecule has 1 fully saturated rings. The number of Topliss-reactive ketones (excluding diaryl/α,β-unsaturated/α-hetero) is 1. The molecule has 0 spiro atoms. The van der Waals surface area contributed by atoms with Crippen LogP contribution in [0.1, 0.15) is 69.9 Å². The fraction of sp³-hybridized carbons (Fsp3) is 0.522. The SMILES string of the molecule is CCCCOC(=O)C1=C(C)N=C2CCCC(=O)[C@@H]2[C@@H]1c1ccc(CC)cc1. The molecule has 0 N–H and O–H groups in total. The van der Waals surface area contributed by atoms with Crippen LogP contribution in [-0.2, 0) is 20.7 Å². The molecule has 0 aromatic heterocycles. The average Bonchev–Trinajstić information content (AvgIpc) is 2.67. The van der Waals surface area contributed by atoms with E-state index in [1.807, 2.05) is 6.92 Å². The first-order valence-electron chi connectivity index (χ1n) is 10.1. The molecule has 0 saturated heterocycles. The highest BCUT2D eigenvalue weighted by Crippen LogP contribution is 2.43. The minimum absolute atomic E-state index is 0.191. The molecule has 2 aliphatic rings. The molecule has 1 saturated carbocycles. The summed E-state index contributed by atoms with van der Waals surface area (Å²) in [5.74, 6) is -0.753. The molecule has 4 nitrogen and oxygen atoms in total. The fourth-order valence-corrected chi connectivity index (χ4v) is 4.09. The number of esters is 1. The Hall–Kier alpha value is -2.23. The van der Waals surface area contributed by atoms with Gasteiger partial charge in [-0.3, -0.25) is 9.79 Å². The van der Waals surface area contributed by atoms with Gasteiger partial charge < -0.3 is 4.74 Å². The summed E-state index contributed by atoms with van der Waals surface area (Å²) in [5.41, 5.74) is 4.42. The van der Waals surface area contributed by atoms with Crippen molar-refractivity contribution in [3.05, 3.63) is 46.7 Å². The standard InChI is InChI=1S/C23H29NO3/c1-4-6-14-27-23(26)20-15(3)24-18-8-7-9-19(25)22(18)21(20)17-12-10-16(5-2)11-13-17/h10-13,21-22H,4-9,14H2,1-3H3/t21-,22-/m1/s1. The molecule has 1 aliphatic carbocycles. The molecule has 1 aliphatic heterocycles. The second kappa shape index (κ2) is 8.64. The Morgan fingerprint density at radius 3 is 2.56 bits per heavy atom. The number of hydrogen-bond acceptors (Lipinski definition) is 4. The van der Waals surface area contributed by atoms with E-state index in [1.165, 1.54) is 5.56 Å². The van der Waals surface area contributed by atoms with Crippen molar-refractivity contribution in [3.8, 4) is 0 Å². The van der Waals surface area contributed by atoms with Crippen molar-refractivity contribution >= 4 is 17.5 Å². The van der Waals surface area contributed by atoms with E-state index in [2.05, 4.69) is 43.1 Å². The normalized spacial score (nSPS) is 22.3. The van der Waals surface area contributed by atoms with Gasteiger partial charge in [-0.15, -0.1) is 0 Å². The molecule has 4 heteroatoms. The van der Waals surface area contributed by atoms with E-state index in [1.54, 1.807) is 0 Å². The highest BCUT2D eigenvalue weighted by Gasteiger charge is 2.43. The van der Waals surface area contributed by atoms with Gasteiger partial charge in [0.1, 0.15) is 5.78 Å². The Kier molecular flexibility index (Phi) is 6.25. The fourth-order valence-electron chi connectivity index (χ4n) is 4.09. The van der Waals surface area contributed by atoms with Crippen LogP contribution in [0.3, 0.4) is 0 Å². The van der Waals surface area contributed by atoms with E-state index < -0.39 is 0 Å². The number of carbonyl (C=O) groups excluding carboxylic acids is 2. The monoisotopic (exact) mass is 367 g/mol. The Morgan fingerprint density at radius 2 is 1.89 bits per heavy atom. The summed E-state index contributed by atoms with van der Waals surface area (Å²) in [6.07, 6.45) is 5.00. The number of carbonyl (C=O) groups is 2. The Balaban J connectivity index is 2.03. The van der Waals surface area contributed by atoms with Crippen molar-refractivity contribution in [2.45, 2.75) is 65.2 Å². The largest absolute Gasteiger partial charge is 0.462 e. The minimum atomic E-state index is -0.330. The lowest BCUT2D eigenvalue weighted by Gasteiger charge is -2.35. The lowest BCUT2D eigenvalue weighted by atomic mass is 9.69. The van der Waals surface area contributed by atoms with Crippen LogP contribution in [0.4, 0.5) is 0 Å². The van der Waals surface area contributed by atoms with Gasteiger partial charge in [-0.2, -0.15) is 0 Å². The number of rotatable bonds is 6. The van der Waals surface area contributed by atoms with Crippen LogP contribution in [-0.4, -0.2) is 24.1 Å². The molecule has 0 radical (unpaired) electrons. The van der Waals surface area contributed by atoms with Gasteiger partial charge in [0, 0.05) is 23.7 Å². The van der Waals surface area contributed by atoms with Crippen molar-refractivity contribution < 1.29 is 14.3 Å². The molecular weight excluding hydrogens is 338 g/mol. The van der Waals surface area contributed by atoms with E-state index in [0.29, 0.717) is 24.3 Å². The van der Waals surface area contributed by atoms with Crippen molar-refractivity contribution in [3.63, 3.8) is 0 Å². The maximum absolute atomic E-state index is 12.9. The van der Waals surface area contributed by atoms with Crippen LogP contribution in [0, 0.1) is 5.92 Å². The van der Waals surface area contributed by atoms with E-state index in [-0.39, 0.29) is 23.6 Å². The van der Waals surface area contributed by atoms with Gasteiger partial charge in [0.15, 0.2) is 0 Å². The maximum Gasteiger partial charge on any atom is 0.336 e. The Bertz CT molecular complexity index is 773. The van der Waals surface area contributed by atoms with Crippen LogP contribution >= 0.6 is 0 Å². The number of unbranched alkanes of at least 4 members (excludes halogenated alkanes) is 1. The lowest BCUT2D eigenvalue weighted by Crippen LogP contribution is -2.39. The van der Waals surface area contributed by atoms with Gasteiger partial charge in [0.25, 0.3) is 0 Å². The molecule has 1 aromatic carbocycles. The molecule has 3 rings (SSSR count). The molecule has 1 aromatic rings. The number of allylic oxidation sites excluding steroid dienone is 1. The van der Waals surface area contributed by atoms with Crippen LogP contribution < -0.4 is 0 Å². The van der Waals surface area contributed by atoms with E-state index >= 15 is 0 Å². The van der Waals surface area contributed by atoms with Gasteiger partial charge in [0.05, 0.1) is 18.1 Å². The number of aryl methyl sites for hydroxylation is 1. The molecule has 144 valence electrons. The first kappa shape index (κ1) is 19.5. The van der Waals surface area contributed by atoms with E-state index in [0.717, 1.165) is 43.4 Å². The van der Waals surface area contributed by atoms with Gasteiger partial charge in [0.2, 0.25) is 0 Å². The molecule has 0 amide bonds. The van der Waals surface area contributed by atoms with Gasteiger partial charge in [-0.25, -0.2) is 4.79 Å². The summed E-state index contributed by atoms with van der Waals surface area (Å²) in [5, 5.41) is 0. The first-order chi connectivity index (χ1) is 13.1. The number of ketones is 1. The van der Waals surface area contributed by atoms with Crippen molar-refractivity contribution in [2.75, 3.05) is 6.61 Å². The Labute approximate surface area is 161 Å². The van der Waals surface area contributed by atoms with Crippen molar-refractivity contribution in [2.24, 2.45) is 10.9 Å². The second-order valence-electron chi connectivity index (χ2n) is 7.46. The van der Waals surface area contributed by atoms with Gasteiger partial charge >= 0.3 is 5.97 Å².